The third-order valence-electron chi connectivity index (χ3n) is 5.14. The molecule has 0 amide bonds. The second kappa shape index (κ2) is 9.18. The Morgan fingerprint density at radius 3 is 1.68 bits per heavy atom. The standard InChI is InChI=1S/C27H24N2O2/c1-19-7-3-5-9-25(19)28-22-15-11-20(12-16-22)21-13-17-23(18-14-21)29-26-10-6-4-8-24(26)27(30)31-2/h3-18,28-29H,1-2H3. The van der Waals surface area contributed by atoms with Crippen molar-refractivity contribution in [2.45, 2.75) is 6.92 Å². The number of para-hydroxylation sites is 2. The van der Waals surface area contributed by atoms with Gasteiger partial charge in [-0.3, -0.25) is 0 Å². The van der Waals surface area contributed by atoms with Crippen LogP contribution < -0.4 is 10.6 Å². The SMILES string of the molecule is COC(=O)c1ccccc1Nc1ccc(-c2ccc(Nc3ccccc3C)cc2)cc1. The number of carbonyl (C=O) groups is 1. The van der Waals surface area contributed by atoms with Crippen LogP contribution in [-0.2, 0) is 4.74 Å². The van der Waals surface area contributed by atoms with E-state index in [4.69, 9.17) is 4.74 Å². The van der Waals surface area contributed by atoms with E-state index >= 15 is 0 Å². The summed E-state index contributed by atoms with van der Waals surface area (Å²) in [6, 6.07) is 32.1. The van der Waals surface area contributed by atoms with Crippen LogP contribution in [0.25, 0.3) is 11.1 Å². The van der Waals surface area contributed by atoms with Gasteiger partial charge in [-0.25, -0.2) is 4.79 Å². The average Bonchev–Trinajstić information content (AvgIpc) is 2.81. The number of nitrogens with one attached hydrogen (secondary N) is 2. The smallest absolute Gasteiger partial charge is 0.339 e. The maximum atomic E-state index is 12.0. The van der Waals surface area contributed by atoms with E-state index in [1.165, 1.54) is 12.7 Å². The number of esters is 1. The van der Waals surface area contributed by atoms with Gasteiger partial charge in [-0.1, -0.05) is 54.6 Å². The normalized spacial score (nSPS) is 10.4. The summed E-state index contributed by atoms with van der Waals surface area (Å²) < 4.78 is 4.86. The van der Waals surface area contributed by atoms with Gasteiger partial charge >= 0.3 is 5.97 Å². The van der Waals surface area contributed by atoms with Gasteiger partial charge in [-0.15, -0.1) is 0 Å². The highest BCUT2D eigenvalue weighted by Gasteiger charge is 2.11. The van der Waals surface area contributed by atoms with Crippen LogP contribution in [0.15, 0.2) is 97.1 Å². The average molecular weight is 409 g/mol. The van der Waals surface area contributed by atoms with Crippen LogP contribution >= 0.6 is 0 Å². The van der Waals surface area contributed by atoms with Crippen molar-refractivity contribution in [2.24, 2.45) is 0 Å². The predicted octanol–water partition coefficient (Wildman–Crippen LogP) is 6.94. The lowest BCUT2D eigenvalue weighted by Crippen LogP contribution is -2.05. The molecule has 4 rings (SSSR count). The lowest BCUT2D eigenvalue weighted by atomic mass is 10.0. The Morgan fingerprint density at radius 1 is 0.645 bits per heavy atom. The first kappa shape index (κ1) is 20.2. The lowest BCUT2D eigenvalue weighted by molar-refractivity contribution is 0.0602. The van der Waals surface area contributed by atoms with Crippen molar-refractivity contribution in [2.75, 3.05) is 17.7 Å². The van der Waals surface area contributed by atoms with E-state index in [2.05, 4.69) is 66.1 Å². The largest absolute Gasteiger partial charge is 0.465 e. The zero-order valence-corrected chi connectivity index (χ0v) is 17.6. The highest BCUT2D eigenvalue weighted by Crippen LogP contribution is 2.27. The number of rotatable bonds is 6. The molecule has 0 atom stereocenters. The van der Waals surface area contributed by atoms with Crippen molar-refractivity contribution in [3.8, 4) is 11.1 Å². The van der Waals surface area contributed by atoms with Crippen LogP contribution in [0.5, 0.6) is 0 Å². The molecule has 0 aliphatic rings. The van der Waals surface area contributed by atoms with Crippen molar-refractivity contribution < 1.29 is 9.53 Å². The van der Waals surface area contributed by atoms with E-state index in [0.717, 1.165) is 28.2 Å². The summed E-state index contributed by atoms with van der Waals surface area (Å²) in [5, 5.41) is 6.76. The summed E-state index contributed by atoms with van der Waals surface area (Å²) in [6.07, 6.45) is 0. The molecule has 4 nitrogen and oxygen atoms in total. The van der Waals surface area contributed by atoms with Crippen LogP contribution in [0.2, 0.25) is 0 Å². The number of aryl methyl sites for hydroxylation is 1. The molecule has 0 saturated heterocycles. The number of hydrogen-bond acceptors (Lipinski definition) is 4. The highest BCUT2D eigenvalue weighted by molar-refractivity contribution is 5.96. The van der Waals surface area contributed by atoms with Gasteiger partial charge in [-0.05, 0) is 66.1 Å². The van der Waals surface area contributed by atoms with Crippen LogP contribution in [0.1, 0.15) is 15.9 Å². The molecule has 0 aliphatic heterocycles. The van der Waals surface area contributed by atoms with Gasteiger partial charge < -0.3 is 15.4 Å². The van der Waals surface area contributed by atoms with Gasteiger partial charge in [0, 0.05) is 17.1 Å². The van der Waals surface area contributed by atoms with Gasteiger partial charge in [0.15, 0.2) is 0 Å². The van der Waals surface area contributed by atoms with Crippen molar-refractivity contribution >= 4 is 28.7 Å². The Labute approximate surface area is 182 Å². The summed E-state index contributed by atoms with van der Waals surface area (Å²) in [7, 11) is 1.38. The molecule has 0 unspecified atom stereocenters. The minimum Gasteiger partial charge on any atom is -0.465 e. The molecule has 0 aromatic heterocycles. The molecule has 0 bridgehead atoms. The van der Waals surface area contributed by atoms with Crippen molar-refractivity contribution in [1.29, 1.82) is 0 Å². The summed E-state index contributed by atoms with van der Waals surface area (Å²) in [5.41, 5.74) is 7.75. The van der Waals surface area contributed by atoms with Gasteiger partial charge in [0.05, 0.1) is 18.4 Å². The molecule has 0 heterocycles. The van der Waals surface area contributed by atoms with Crippen LogP contribution in [0.3, 0.4) is 0 Å². The fourth-order valence-corrected chi connectivity index (χ4v) is 3.40. The van der Waals surface area contributed by atoms with Gasteiger partial charge in [0.2, 0.25) is 0 Å². The molecule has 154 valence electrons. The third kappa shape index (κ3) is 4.75. The Bertz CT molecular complexity index is 1180. The van der Waals surface area contributed by atoms with Crippen LogP contribution in [0.4, 0.5) is 22.7 Å². The number of hydrogen-bond donors (Lipinski definition) is 2. The van der Waals surface area contributed by atoms with Crippen molar-refractivity contribution in [1.82, 2.24) is 0 Å². The summed E-state index contributed by atoms with van der Waals surface area (Å²) in [5.74, 6) is -0.362. The minimum atomic E-state index is -0.362. The molecule has 0 spiro atoms. The van der Waals surface area contributed by atoms with E-state index in [1.807, 2.05) is 42.5 Å². The zero-order valence-electron chi connectivity index (χ0n) is 17.6. The Balaban J connectivity index is 1.47. The van der Waals surface area contributed by atoms with Crippen molar-refractivity contribution in [3.05, 3.63) is 108 Å². The van der Waals surface area contributed by atoms with Crippen molar-refractivity contribution in [3.63, 3.8) is 0 Å². The van der Waals surface area contributed by atoms with E-state index < -0.39 is 0 Å². The summed E-state index contributed by atoms with van der Waals surface area (Å²) in [4.78, 5) is 12.0. The molecule has 4 aromatic carbocycles. The molecule has 0 aliphatic carbocycles. The molecule has 0 fully saturated rings. The van der Waals surface area contributed by atoms with Gasteiger partial charge in [-0.2, -0.15) is 0 Å². The maximum absolute atomic E-state index is 12.0. The monoisotopic (exact) mass is 408 g/mol. The minimum absolute atomic E-state index is 0.362. The fraction of sp³-hybridized carbons (Fsp3) is 0.0741. The first-order valence-electron chi connectivity index (χ1n) is 10.1. The second-order valence-corrected chi connectivity index (χ2v) is 7.26. The lowest BCUT2D eigenvalue weighted by Gasteiger charge is -2.12. The zero-order chi connectivity index (χ0) is 21.6. The topological polar surface area (TPSA) is 50.4 Å². The molecule has 0 radical (unpaired) electrons. The number of benzene rings is 4. The number of anilines is 4. The van der Waals surface area contributed by atoms with Gasteiger partial charge in [0.25, 0.3) is 0 Å². The Kier molecular flexibility index (Phi) is 5.99. The molecule has 4 aromatic rings. The first-order valence-corrected chi connectivity index (χ1v) is 10.1. The van der Waals surface area contributed by atoms with Gasteiger partial charge in [0.1, 0.15) is 0 Å². The number of ether oxygens (including phenoxy) is 1. The Hall–Kier alpha value is -4.05. The number of methoxy groups -OCH3 is 1. The van der Waals surface area contributed by atoms with Crippen LogP contribution in [-0.4, -0.2) is 13.1 Å². The second-order valence-electron chi connectivity index (χ2n) is 7.26. The van der Waals surface area contributed by atoms with E-state index in [1.54, 1.807) is 6.07 Å². The maximum Gasteiger partial charge on any atom is 0.339 e. The molecular formula is C27H24N2O2. The van der Waals surface area contributed by atoms with E-state index in [-0.39, 0.29) is 5.97 Å². The quantitative estimate of drug-likeness (QED) is 0.339. The predicted molar refractivity (Wildman–Crippen MR) is 127 cm³/mol. The Morgan fingerprint density at radius 2 is 1.13 bits per heavy atom. The molecule has 31 heavy (non-hydrogen) atoms. The third-order valence-corrected chi connectivity index (χ3v) is 5.14. The van der Waals surface area contributed by atoms with Crippen LogP contribution in [0, 0.1) is 6.92 Å². The summed E-state index contributed by atoms with van der Waals surface area (Å²) in [6.45, 7) is 2.09. The number of carbonyl (C=O) groups excluding carboxylic acids is 1. The highest BCUT2D eigenvalue weighted by atomic mass is 16.5. The van der Waals surface area contributed by atoms with E-state index in [9.17, 15) is 4.79 Å². The molecule has 0 saturated carbocycles. The summed E-state index contributed by atoms with van der Waals surface area (Å²) >= 11 is 0. The first-order chi connectivity index (χ1) is 15.1. The molecule has 4 heteroatoms. The molecule has 2 N–H and O–H groups in total. The van der Waals surface area contributed by atoms with E-state index in [0.29, 0.717) is 11.3 Å². The fourth-order valence-electron chi connectivity index (χ4n) is 3.40. The molecular weight excluding hydrogens is 384 g/mol.